The van der Waals surface area contributed by atoms with E-state index in [4.69, 9.17) is 4.74 Å². The lowest BCUT2D eigenvalue weighted by Gasteiger charge is -2.47. The van der Waals surface area contributed by atoms with Crippen LogP contribution in [0.1, 0.15) is 43.4 Å². The second kappa shape index (κ2) is 6.81. The average molecular weight is 340 g/mol. The van der Waals surface area contributed by atoms with Gasteiger partial charge in [-0.2, -0.15) is 5.10 Å². The van der Waals surface area contributed by atoms with Crippen molar-refractivity contribution < 1.29 is 4.74 Å². The Labute approximate surface area is 150 Å². The number of para-hydroxylation sites is 1. The molecule has 0 bridgehead atoms. The van der Waals surface area contributed by atoms with E-state index in [1.165, 1.54) is 11.1 Å². The molecule has 4 rings (SSSR count). The van der Waals surface area contributed by atoms with Gasteiger partial charge in [0, 0.05) is 56.5 Å². The summed E-state index contributed by atoms with van der Waals surface area (Å²) < 4.78 is 8.41. The Kier molecular flexibility index (Phi) is 4.52. The summed E-state index contributed by atoms with van der Waals surface area (Å²) in [4.78, 5) is 2.52. The number of likely N-dealkylation sites (tertiary alicyclic amines) is 1. The quantitative estimate of drug-likeness (QED) is 0.929. The van der Waals surface area contributed by atoms with Crippen molar-refractivity contribution >= 4 is 0 Å². The van der Waals surface area contributed by atoms with Gasteiger partial charge >= 0.3 is 0 Å². The summed E-state index contributed by atoms with van der Waals surface area (Å²) in [7, 11) is 1.96. The molecule has 0 amide bonds. The first-order chi connectivity index (χ1) is 12.2. The molecule has 0 aliphatic carbocycles. The fourth-order valence-electron chi connectivity index (χ4n) is 4.19. The van der Waals surface area contributed by atoms with E-state index in [0.717, 1.165) is 51.2 Å². The lowest BCUT2D eigenvalue weighted by atomic mass is 9.80. The fourth-order valence-corrected chi connectivity index (χ4v) is 4.19. The molecule has 0 saturated carbocycles. The highest BCUT2D eigenvalue weighted by Gasteiger charge is 2.42. The number of fused-ring (bicyclic) bond motifs is 1. The van der Waals surface area contributed by atoms with Crippen molar-refractivity contribution in [3.63, 3.8) is 0 Å². The van der Waals surface area contributed by atoms with Crippen LogP contribution in [0.15, 0.2) is 36.7 Å². The summed E-state index contributed by atoms with van der Waals surface area (Å²) in [5.41, 5.74) is 2.49. The number of aryl methyl sites for hydroxylation is 1. The van der Waals surface area contributed by atoms with Gasteiger partial charge in [-0.25, -0.2) is 0 Å². The van der Waals surface area contributed by atoms with Gasteiger partial charge in [-0.15, -0.1) is 0 Å². The van der Waals surface area contributed by atoms with E-state index in [0.29, 0.717) is 6.04 Å². The van der Waals surface area contributed by atoms with Crippen LogP contribution in [0.3, 0.4) is 0 Å². The Hall–Kier alpha value is -1.85. The van der Waals surface area contributed by atoms with Gasteiger partial charge in [0.05, 0.1) is 6.20 Å². The molecule has 2 aliphatic rings. The van der Waals surface area contributed by atoms with Crippen molar-refractivity contribution in [2.45, 2.75) is 44.4 Å². The molecule has 1 unspecified atom stereocenters. The number of ether oxygens (including phenoxy) is 1. The Morgan fingerprint density at radius 2 is 2.08 bits per heavy atom. The minimum absolute atomic E-state index is 0.0212. The molecule has 3 heterocycles. The van der Waals surface area contributed by atoms with Gasteiger partial charge in [-0.3, -0.25) is 4.68 Å². The van der Waals surface area contributed by atoms with Gasteiger partial charge < -0.3 is 15.0 Å². The van der Waals surface area contributed by atoms with E-state index < -0.39 is 0 Å². The molecule has 25 heavy (non-hydrogen) atoms. The molecule has 1 atom stereocenters. The molecular formula is C20H28N4O. The highest BCUT2D eigenvalue weighted by Crippen LogP contribution is 2.44. The third-order valence-corrected chi connectivity index (χ3v) is 5.72. The number of hydrogen-bond donors (Lipinski definition) is 1. The Balaban J connectivity index is 1.53. The number of benzene rings is 1. The van der Waals surface area contributed by atoms with E-state index in [2.05, 4.69) is 52.7 Å². The van der Waals surface area contributed by atoms with Crippen LogP contribution in [0.25, 0.3) is 0 Å². The van der Waals surface area contributed by atoms with E-state index in [9.17, 15) is 0 Å². The molecule has 1 spiro atoms. The number of nitrogens with one attached hydrogen (secondary N) is 1. The largest absolute Gasteiger partial charge is 0.487 e. The van der Waals surface area contributed by atoms with Crippen LogP contribution in [-0.2, 0) is 13.6 Å². The molecule has 1 fully saturated rings. The van der Waals surface area contributed by atoms with Crippen LogP contribution < -0.4 is 10.1 Å². The highest BCUT2D eigenvalue weighted by atomic mass is 16.5. The normalized spacial score (nSPS) is 22.6. The minimum Gasteiger partial charge on any atom is -0.487 e. The zero-order valence-corrected chi connectivity index (χ0v) is 15.2. The molecule has 1 saturated heterocycles. The number of nitrogens with zero attached hydrogens (tertiary/aromatic N) is 3. The monoisotopic (exact) mass is 340 g/mol. The molecule has 1 aromatic carbocycles. The Morgan fingerprint density at radius 3 is 2.80 bits per heavy atom. The van der Waals surface area contributed by atoms with Crippen LogP contribution in [0.5, 0.6) is 5.75 Å². The molecule has 2 aromatic rings. The first-order valence-corrected chi connectivity index (χ1v) is 9.39. The van der Waals surface area contributed by atoms with Crippen molar-refractivity contribution in [3.05, 3.63) is 47.8 Å². The smallest absolute Gasteiger partial charge is 0.124 e. The molecule has 1 N–H and O–H groups in total. The molecule has 134 valence electrons. The number of rotatable bonds is 4. The summed E-state index contributed by atoms with van der Waals surface area (Å²) in [6.07, 6.45) is 7.28. The van der Waals surface area contributed by atoms with Crippen LogP contribution in [0, 0.1) is 0 Å². The predicted octanol–water partition coefficient (Wildman–Crippen LogP) is 2.89. The van der Waals surface area contributed by atoms with Crippen LogP contribution in [0.4, 0.5) is 0 Å². The lowest BCUT2D eigenvalue weighted by Crippen LogP contribution is -2.51. The van der Waals surface area contributed by atoms with Crippen LogP contribution in [-0.4, -0.2) is 39.9 Å². The van der Waals surface area contributed by atoms with Crippen molar-refractivity contribution in [1.82, 2.24) is 20.0 Å². The topological polar surface area (TPSA) is 42.3 Å². The summed E-state index contributed by atoms with van der Waals surface area (Å²) in [5, 5.41) is 8.03. The van der Waals surface area contributed by atoms with E-state index in [1.54, 1.807) is 0 Å². The Morgan fingerprint density at radius 1 is 1.28 bits per heavy atom. The molecular weight excluding hydrogens is 312 g/mol. The van der Waals surface area contributed by atoms with Crippen LogP contribution in [0.2, 0.25) is 0 Å². The zero-order valence-electron chi connectivity index (χ0n) is 15.2. The first kappa shape index (κ1) is 16.6. The minimum atomic E-state index is -0.0212. The highest BCUT2D eigenvalue weighted by molar-refractivity contribution is 5.39. The van der Waals surface area contributed by atoms with Gasteiger partial charge in [0.2, 0.25) is 0 Å². The fraction of sp³-hybridized carbons (Fsp3) is 0.550. The van der Waals surface area contributed by atoms with Crippen LogP contribution >= 0.6 is 0 Å². The lowest BCUT2D eigenvalue weighted by molar-refractivity contribution is -0.0244. The van der Waals surface area contributed by atoms with E-state index in [-0.39, 0.29) is 5.60 Å². The summed E-state index contributed by atoms with van der Waals surface area (Å²) in [6.45, 7) is 6.48. The number of hydrogen-bond acceptors (Lipinski definition) is 4. The van der Waals surface area contributed by atoms with Gasteiger partial charge in [-0.05, 0) is 25.5 Å². The van der Waals surface area contributed by atoms with Gasteiger partial charge in [0.1, 0.15) is 11.4 Å². The van der Waals surface area contributed by atoms with E-state index >= 15 is 0 Å². The van der Waals surface area contributed by atoms with Gasteiger partial charge in [0.15, 0.2) is 0 Å². The standard InChI is InChI=1S/C20H28N4O/c1-3-24-10-8-20(9-11-24)12-18(17-6-4-5-7-19(17)25-20)21-13-16-14-22-23(2)15-16/h4-7,14-15,18,21H,3,8-13H2,1-2H3. The third-order valence-electron chi connectivity index (χ3n) is 5.72. The molecule has 2 aliphatic heterocycles. The second-order valence-corrected chi connectivity index (χ2v) is 7.42. The van der Waals surface area contributed by atoms with Gasteiger partial charge in [-0.1, -0.05) is 25.1 Å². The molecule has 5 nitrogen and oxygen atoms in total. The second-order valence-electron chi connectivity index (χ2n) is 7.42. The maximum absolute atomic E-state index is 6.56. The maximum Gasteiger partial charge on any atom is 0.124 e. The van der Waals surface area contributed by atoms with Crippen molar-refractivity contribution in [2.75, 3.05) is 19.6 Å². The molecule has 5 heteroatoms. The zero-order chi connectivity index (χ0) is 17.3. The molecule has 0 radical (unpaired) electrons. The molecule has 1 aromatic heterocycles. The number of piperidine rings is 1. The maximum atomic E-state index is 6.56. The average Bonchev–Trinajstić information content (AvgIpc) is 3.06. The first-order valence-electron chi connectivity index (χ1n) is 9.39. The van der Waals surface area contributed by atoms with Crippen molar-refractivity contribution in [2.24, 2.45) is 7.05 Å². The van der Waals surface area contributed by atoms with Gasteiger partial charge in [0.25, 0.3) is 0 Å². The summed E-state index contributed by atoms with van der Waals surface area (Å²) in [6, 6.07) is 8.85. The predicted molar refractivity (Wildman–Crippen MR) is 98.6 cm³/mol. The van der Waals surface area contributed by atoms with Crippen molar-refractivity contribution in [1.29, 1.82) is 0 Å². The van der Waals surface area contributed by atoms with E-state index in [1.807, 2.05) is 17.9 Å². The number of aromatic nitrogens is 2. The summed E-state index contributed by atoms with van der Waals surface area (Å²) >= 11 is 0. The Bertz CT molecular complexity index is 718. The summed E-state index contributed by atoms with van der Waals surface area (Å²) in [5.74, 6) is 1.06. The van der Waals surface area contributed by atoms with Crippen molar-refractivity contribution in [3.8, 4) is 5.75 Å². The third kappa shape index (κ3) is 3.44. The SMILES string of the molecule is CCN1CCC2(CC1)CC(NCc1cnn(C)c1)c1ccccc1O2.